The summed E-state index contributed by atoms with van der Waals surface area (Å²) in [5.74, 6) is -0.381. The molecule has 0 unspecified atom stereocenters. The number of nitrogens with zero attached hydrogens (tertiary/aromatic N) is 2. The summed E-state index contributed by atoms with van der Waals surface area (Å²) in [6.45, 7) is 3.53. The van der Waals surface area contributed by atoms with Crippen LogP contribution in [0.25, 0.3) is 0 Å². The van der Waals surface area contributed by atoms with Crippen LogP contribution in [-0.4, -0.2) is 38.7 Å². The zero-order valence-corrected chi connectivity index (χ0v) is 20.0. The standard InChI is InChI=1S/C23H29N3O6S/c1-5-20(23(27)24-15(2)17-10-9-16-7-6-8-18(16)13-17)25(33(4,30)31)21-14-19(26(28)29)11-12-22(21)32-3/h9-15,20H,5-8H2,1-4H3,(H,24,27)/t15-,20-/m0/s1. The molecule has 9 nitrogen and oxygen atoms in total. The zero-order chi connectivity index (χ0) is 24.3. The number of nitro benzene ring substituents is 1. The fraction of sp³-hybridized carbons (Fsp3) is 0.435. The first-order valence-corrected chi connectivity index (χ1v) is 12.7. The van der Waals surface area contributed by atoms with Crippen LogP contribution in [0, 0.1) is 10.1 Å². The summed E-state index contributed by atoms with van der Waals surface area (Å²) in [7, 11) is -2.65. The van der Waals surface area contributed by atoms with Crippen molar-refractivity contribution in [1.29, 1.82) is 0 Å². The molecule has 0 saturated carbocycles. The van der Waals surface area contributed by atoms with E-state index < -0.39 is 26.9 Å². The average Bonchev–Trinajstić information content (AvgIpc) is 3.23. The summed E-state index contributed by atoms with van der Waals surface area (Å²) in [6.07, 6.45) is 4.30. The van der Waals surface area contributed by atoms with E-state index in [2.05, 4.69) is 17.4 Å². The molecule has 1 amide bonds. The molecule has 1 aliphatic carbocycles. The molecule has 2 aromatic rings. The number of methoxy groups -OCH3 is 1. The molecule has 2 atom stereocenters. The molecule has 2 aromatic carbocycles. The van der Waals surface area contributed by atoms with Crippen LogP contribution in [0.5, 0.6) is 5.75 Å². The van der Waals surface area contributed by atoms with Crippen molar-refractivity contribution in [3.05, 3.63) is 63.2 Å². The van der Waals surface area contributed by atoms with Crippen LogP contribution < -0.4 is 14.4 Å². The van der Waals surface area contributed by atoms with Gasteiger partial charge in [0.2, 0.25) is 15.9 Å². The number of nitro groups is 1. The second-order valence-corrected chi connectivity index (χ2v) is 10.1. The highest BCUT2D eigenvalue weighted by molar-refractivity contribution is 7.92. The minimum atomic E-state index is -3.99. The van der Waals surface area contributed by atoms with E-state index in [0.29, 0.717) is 0 Å². The molecule has 10 heteroatoms. The Hall–Kier alpha value is -3.14. The number of hydrogen-bond donors (Lipinski definition) is 1. The van der Waals surface area contributed by atoms with E-state index in [0.717, 1.165) is 41.5 Å². The first-order valence-electron chi connectivity index (χ1n) is 10.8. The molecular formula is C23H29N3O6S. The minimum absolute atomic E-state index is 0.0543. The second kappa shape index (κ2) is 9.78. The van der Waals surface area contributed by atoms with Crippen LogP contribution in [-0.2, 0) is 27.7 Å². The van der Waals surface area contributed by atoms with Crippen LogP contribution in [0.2, 0.25) is 0 Å². The van der Waals surface area contributed by atoms with Crippen molar-refractivity contribution in [1.82, 2.24) is 5.32 Å². The minimum Gasteiger partial charge on any atom is -0.495 e. The van der Waals surface area contributed by atoms with Crippen molar-refractivity contribution in [3.63, 3.8) is 0 Å². The maximum absolute atomic E-state index is 13.3. The Morgan fingerprint density at radius 1 is 1.21 bits per heavy atom. The van der Waals surface area contributed by atoms with Gasteiger partial charge in [-0.05, 0) is 55.4 Å². The third-order valence-corrected chi connectivity index (χ3v) is 7.09. The Balaban J connectivity index is 1.94. The van der Waals surface area contributed by atoms with Crippen molar-refractivity contribution in [3.8, 4) is 5.75 Å². The van der Waals surface area contributed by atoms with E-state index in [1.807, 2.05) is 13.0 Å². The van der Waals surface area contributed by atoms with Gasteiger partial charge >= 0.3 is 0 Å². The van der Waals surface area contributed by atoms with Gasteiger partial charge in [0.1, 0.15) is 17.5 Å². The number of fused-ring (bicyclic) bond motifs is 1. The van der Waals surface area contributed by atoms with E-state index in [-0.39, 0.29) is 29.6 Å². The molecule has 178 valence electrons. The molecule has 0 fully saturated rings. The average molecular weight is 476 g/mol. The van der Waals surface area contributed by atoms with Crippen molar-refractivity contribution < 1.29 is 22.9 Å². The van der Waals surface area contributed by atoms with Crippen molar-refractivity contribution in [2.45, 2.75) is 51.6 Å². The molecule has 0 spiro atoms. The van der Waals surface area contributed by atoms with Gasteiger partial charge < -0.3 is 10.1 Å². The Bertz CT molecular complexity index is 1160. The lowest BCUT2D eigenvalue weighted by Gasteiger charge is -2.31. The lowest BCUT2D eigenvalue weighted by Crippen LogP contribution is -2.49. The number of hydrogen-bond acceptors (Lipinski definition) is 6. The summed E-state index contributed by atoms with van der Waals surface area (Å²) >= 11 is 0. The Morgan fingerprint density at radius 3 is 2.52 bits per heavy atom. The number of amides is 1. The molecule has 0 heterocycles. The summed E-state index contributed by atoms with van der Waals surface area (Å²) < 4.78 is 31.7. The monoisotopic (exact) mass is 475 g/mol. The van der Waals surface area contributed by atoms with Crippen molar-refractivity contribution >= 4 is 27.3 Å². The number of carbonyl (C=O) groups is 1. The third kappa shape index (κ3) is 5.27. The van der Waals surface area contributed by atoms with Crippen LogP contribution >= 0.6 is 0 Å². The van der Waals surface area contributed by atoms with Gasteiger partial charge in [-0.1, -0.05) is 25.1 Å². The maximum atomic E-state index is 13.3. The highest BCUT2D eigenvalue weighted by Gasteiger charge is 2.35. The Morgan fingerprint density at radius 2 is 1.91 bits per heavy atom. The summed E-state index contributed by atoms with van der Waals surface area (Å²) in [5, 5.41) is 14.2. The molecule has 0 aromatic heterocycles. The normalized spacial score (nSPS) is 14.8. The summed E-state index contributed by atoms with van der Waals surface area (Å²) in [4.78, 5) is 24.0. The SMILES string of the molecule is CC[C@@H](C(=O)N[C@@H](C)c1ccc2c(c1)CCC2)N(c1cc([N+](=O)[O-])ccc1OC)S(C)(=O)=O. The second-order valence-electron chi connectivity index (χ2n) is 8.21. The number of aryl methyl sites for hydroxylation is 2. The smallest absolute Gasteiger partial charge is 0.271 e. The molecule has 3 rings (SSSR count). The van der Waals surface area contributed by atoms with Gasteiger partial charge in [0.15, 0.2) is 0 Å². The van der Waals surface area contributed by atoms with Gasteiger partial charge in [0, 0.05) is 12.1 Å². The van der Waals surface area contributed by atoms with Gasteiger partial charge in [0.05, 0.1) is 24.3 Å². The number of carbonyl (C=O) groups excluding carboxylic acids is 1. The number of anilines is 1. The fourth-order valence-electron chi connectivity index (χ4n) is 4.25. The predicted octanol–water partition coefficient (Wildman–Crippen LogP) is 3.51. The lowest BCUT2D eigenvalue weighted by atomic mass is 10.0. The largest absolute Gasteiger partial charge is 0.495 e. The number of rotatable bonds is 9. The zero-order valence-electron chi connectivity index (χ0n) is 19.2. The van der Waals surface area contributed by atoms with Crippen molar-refractivity contribution in [2.24, 2.45) is 0 Å². The van der Waals surface area contributed by atoms with E-state index in [4.69, 9.17) is 4.74 Å². The van der Waals surface area contributed by atoms with Crippen LogP contribution in [0.15, 0.2) is 36.4 Å². The third-order valence-electron chi connectivity index (χ3n) is 5.92. The summed E-state index contributed by atoms with van der Waals surface area (Å²) in [6, 6.07) is 8.34. The first-order chi connectivity index (χ1) is 15.6. The van der Waals surface area contributed by atoms with Crippen LogP contribution in [0.4, 0.5) is 11.4 Å². The molecule has 33 heavy (non-hydrogen) atoms. The van der Waals surface area contributed by atoms with Gasteiger partial charge in [0.25, 0.3) is 5.69 Å². The van der Waals surface area contributed by atoms with Crippen LogP contribution in [0.3, 0.4) is 0 Å². The summed E-state index contributed by atoms with van der Waals surface area (Å²) in [5.41, 5.74) is 3.18. The number of sulfonamides is 1. The van der Waals surface area contributed by atoms with E-state index >= 15 is 0 Å². The first kappa shape index (κ1) is 24.5. The Kier molecular flexibility index (Phi) is 7.26. The highest BCUT2D eigenvalue weighted by atomic mass is 32.2. The molecule has 0 radical (unpaired) electrons. The van der Waals surface area contributed by atoms with Gasteiger partial charge in [-0.2, -0.15) is 0 Å². The number of benzene rings is 2. The topological polar surface area (TPSA) is 119 Å². The number of ether oxygens (including phenoxy) is 1. The molecule has 0 saturated heterocycles. The van der Waals surface area contributed by atoms with E-state index in [9.17, 15) is 23.3 Å². The van der Waals surface area contributed by atoms with Gasteiger partial charge in [-0.3, -0.25) is 19.2 Å². The molecule has 0 bridgehead atoms. The maximum Gasteiger partial charge on any atom is 0.271 e. The molecule has 1 aliphatic rings. The van der Waals surface area contributed by atoms with Gasteiger partial charge in [-0.15, -0.1) is 0 Å². The molecular weight excluding hydrogens is 446 g/mol. The number of nitrogens with one attached hydrogen (secondary N) is 1. The van der Waals surface area contributed by atoms with Crippen molar-refractivity contribution in [2.75, 3.05) is 17.7 Å². The highest BCUT2D eigenvalue weighted by Crippen LogP contribution is 2.36. The molecule has 0 aliphatic heterocycles. The predicted molar refractivity (Wildman–Crippen MR) is 126 cm³/mol. The van der Waals surface area contributed by atoms with E-state index in [1.165, 1.54) is 30.4 Å². The fourth-order valence-corrected chi connectivity index (χ4v) is 5.46. The number of non-ortho nitro benzene ring substituents is 1. The Labute approximate surface area is 193 Å². The molecule has 1 N–H and O–H groups in total. The van der Waals surface area contributed by atoms with Gasteiger partial charge in [-0.25, -0.2) is 8.42 Å². The van der Waals surface area contributed by atoms with Crippen LogP contribution in [0.1, 0.15) is 49.4 Å². The lowest BCUT2D eigenvalue weighted by molar-refractivity contribution is -0.384. The van der Waals surface area contributed by atoms with E-state index in [1.54, 1.807) is 6.92 Å². The quantitative estimate of drug-likeness (QED) is 0.438.